The molecule has 0 unspecified atom stereocenters. The Morgan fingerprint density at radius 2 is 2.04 bits per heavy atom. The minimum atomic E-state index is -0.401. The topological polar surface area (TPSA) is 107 Å². The number of hydrogen-bond acceptors (Lipinski definition) is 9. The van der Waals surface area contributed by atoms with Crippen LogP contribution in [0.5, 0.6) is 0 Å². The highest BCUT2D eigenvalue weighted by Gasteiger charge is 2.12. The molecule has 140 valence electrons. The van der Waals surface area contributed by atoms with Crippen LogP contribution in [-0.4, -0.2) is 40.0 Å². The Labute approximate surface area is 161 Å². The van der Waals surface area contributed by atoms with E-state index in [0.717, 1.165) is 16.1 Å². The largest absolute Gasteiger partial charge is 0.457 e. The van der Waals surface area contributed by atoms with Gasteiger partial charge in [-0.05, 0) is 13.0 Å². The summed E-state index contributed by atoms with van der Waals surface area (Å²) in [5.74, 6) is 0.401. The lowest BCUT2D eigenvalue weighted by atomic mass is 10.1. The number of carbonyl (C=O) groups excluding carboxylic acids is 1. The molecule has 2 heterocycles. The SMILES string of the molecule is Cc1cccc(-c2nc(CC(=O)OCc3nc(N)nc(N(C)C)n3)cs2)c1. The number of nitrogen functional groups attached to an aromatic ring is 1. The van der Waals surface area contributed by atoms with Gasteiger partial charge in [0.05, 0.1) is 12.1 Å². The Hall–Kier alpha value is -3.07. The molecule has 0 fully saturated rings. The van der Waals surface area contributed by atoms with Gasteiger partial charge >= 0.3 is 5.97 Å². The maximum absolute atomic E-state index is 12.1. The van der Waals surface area contributed by atoms with Crippen LogP contribution < -0.4 is 10.6 Å². The number of thiazole rings is 1. The molecule has 8 nitrogen and oxygen atoms in total. The van der Waals surface area contributed by atoms with Crippen LogP contribution in [0.4, 0.5) is 11.9 Å². The zero-order valence-electron chi connectivity index (χ0n) is 15.3. The van der Waals surface area contributed by atoms with Crippen molar-refractivity contribution in [3.63, 3.8) is 0 Å². The number of nitrogens with zero attached hydrogens (tertiary/aromatic N) is 5. The standard InChI is InChI=1S/C18H20N6O2S/c1-11-5-4-6-12(7-11)16-20-13(10-27-16)8-15(25)26-9-14-21-17(19)23-18(22-14)24(2)3/h4-7,10H,8-9H2,1-3H3,(H2,19,21,22,23). The predicted octanol–water partition coefficient (Wildman–Crippen LogP) is 2.24. The first kappa shape index (κ1) is 18.7. The molecule has 0 spiro atoms. The van der Waals surface area contributed by atoms with E-state index in [1.807, 2.05) is 30.5 Å². The average Bonchev–Trinajstić information content (AvgIpc) is 3.08. The number of carbonyl (C=O) groups is 1. The van der Waals surface area contributed by atoms with E-state index in [9.17, 15) is 4.79 Å². The molecule has 9 heteroatoms. The van der Waals surface area contributed by atoms with Crippen molar-refractivity contribution in [2.24, 2.45) is 0 Å². The van der Waals surface area contributed by atoms with Crippen LogP contribution in [0.15, 0.2) is 29.6 Å². The summed E-state index contributed by atoms with van der Waals surface area (Å²) >= 11 is 1.50. The molecule has 0 radical (unpaired) electrons. The van der Waals surface area contributed by atoms with Crippen LogP contribution in [-0.2, 0) is 22.6 Å². The molecule has 0 aliphatic rings. The number of hydrogen-bond donors (Lipinski definition) is 1. The van der Waals surface area contributed by atoms with E-state index in [-0.39, 0.29) is 19.0 Å². The van der Waals surface area contributed by atoms with Crippen molar-refractivity contribution in [3.05, 3.63) is 46.7 Å². The van der Waals surface area contributed by atoms with Gasteiger partial charge in [-0.2, -0.15) is 15.0 Å². The van der Waals surface area contributed by atoms with Crippen molar-refractivity contribution in [1.29, 1.82) is 0 Å². The minimum Gasteiger partial charge on any atom is -0.457 e. The van der Waals surface area contributed by atoms with Crippen LogP contribution in [0.3, 0.4) is 0 Å². The molecular formula is C18H20N6O2S. The fourth-order valence-electron chi connectivity index (χ4n) is 2.33. The second-order valence-corrected chi connectivity index (χ2v) is 7.01. The number of aromatic nitrogens is 4. The number of rotatable bonds is 6. The lowest BCUT2D eigenvalue weighted by molar-refractivity contribution is -0.144. The van der Waals surface area contributed by atoms with Crippen LogP contribution in [0.1, 0.15) is 17.1 Å². The molecule has 2 aromatic heterocycles. The monoisotopic (exact) mass is 384 g/mol. The molecule has 0 atom stereocenters. The molecule has 1 aromatic carbocycles. The van der Waals surface area contributed by atoms with Crippen LogP contribution >= 0.6 is 11.3 Å². The van der Waals surface area contributed by atoms with E-state index >= 15 is 0 Å². The van der Waals surface area contributed by atoms with Crippen molar-refractivity contribution in [2.75, 3.05) is 24.7 Å². The first-order valence-corrected chi connectivity index (χ1v) is 9.13. The van der Waals surface area contributed by atoms with Gasteiger partial charge in [-0.3, -0.25) is 4.79 Å². The third-order valence-corrected chi connectivity index (χ3v) is 4.53. The van der Waals surface area contributed by atoms with Crippen molar-refractivity contribution >= 4 is 29.2 Å². The van der Waals surface area contributed by atoms with Gasteiger partial charge in [0.15, 0.2) is 12.4 Å². The third kappa shape index (κ3) is 4.98. The number of ether oxygens (including phenoxy) is 1. The van der Waals surface area contributed by atoms with E-state index in [1.165, 1.54) is 11.3 Å². The zero-order valence-corrected chi connectivity index (χ0v) is 16.2. The summed E-state index contributed by atoms with van der Waals surface area (Å²) in [5, 5.41) is 2.74. The second kappa shape index (κ2) is 8.09. The molecule has 0 saturated heterocycles. The van der Waals surface area contributed by atoms with Gasteiger partial charge in [0, 0.05) is 25.0 Å². The highest BCUT2D eigenvalue weighted by atomic mass is 32.1. The summed E-state index contributed by atoms with van der Waals surface area (Å²) in [6.45, 7) is 1.96. The third-order valence-electron chi connectivity index (χ3n) is 3.59. The van der Waals surface area contributed by atoms with Gasteiger partial charge in [-0.15, -0.1) is 11.3 Å². The Morgan fingerprint density at radius 3 is 2.78 bits per heavy atom. The lowest BCUT2D eigenvalue weighted by Gasteiger charge is -2.11. The first-order valence-electron chi connectivity index (χ1n) is 8.25. The molecule has 0 bridgehead atoms. The average molecular weight is 384 g/mol. The number of nitrogens with two attached hydrogens (primary N) is 1. The smallest absolute Gasteiger partial charge is 0.312 e. The van der Waals surface area contributed by atoms with E-state index in [4.69, 9.17) is 10.5 Å². The van der Waals surface area contributed by atoms with E-state index < -0.39 is 5.97 Å². The lowest BCUT2D eigenvalue weighted by Crippen LogP contribution is -2.17. The highest BCUT2D eigenvalue weighted by Crippen LogP contribution is 2.24. The fourth-order valence-corrected chi connectivity index (χ4v) is 3.15. The minimum absolute atomic E-state index is 0.0682. The zero-order chi connectivity index (χ0) is 19.4. The Balaban J connectivity index is 1.60. The Morgan fingerprint density at radius 1 is 1.22 bits per heavy atom. The Kier molecular flexibility index (Phi) is 5.60. The van der Waals surface area contributed by atoms with Crippen molar-refractivity contribution in [1.82, 2.24) is 19.9 Å². The molecule has 3 aromatic rings. The summed E-state index contributed by atoms with van der Waals surface area (Å²) in [6, 6.07) is 8.09. The molecule has 0 amide bonds. The number of anilines is 2. The van der Waals surface area contributed by atoms with Gasteiger partial charge in [-0.25, -0.2) is 4.98 Å². The maximum atomic E-state index is 12.1. The number of benzene rings is 1. The molecule has 0 aliphatic heterocycles. The maximum Gasteiger partial charge on any atom is 0.312 e. The summed E-state index contributed by atoms with van der Waals surface area (Å²) in [5.41, 5.74) is 8.53. The molecule has 27 heavy (non-hydrogen) atoms. The normalized spacial score (nSPS) is 10.6. The van der Waals surface area contributed by atoms with Gasteiger partial charge in [0.2, 0.25) is 11.9 Å². The number of esters is 1. The molecule has 2 N–H and O–H groups in total. The van der Waals surface area contributed by atoms with Gasteiger partial charge in [-0.1, -0.05) is 23.8 Å². The summed E-state index contributed by atoms with van der Waals surface area (Å²) < 4.78 is 5.25. The molecule has 0 aliphatic carbocycles. The van der Waals surface area contributed by atoms with Gasteiger partial charge < -0.3 is 15.4 Å². The van der Waals surface area contributed by atoms with E-state index in [1.54, 1.807) is 19.0 Å². The summed E-state index contributed by atoms with van der Waals surface area (Å²) in [7, 11) is 3.58. The van der Waals surface area contributed by atoms with Gasteiger partial charge in [0.25, 0.3) is 0 Å². The van der Waals surface area contributed by atoms with Crippen LogP contribution in [0.25, 0.3) is 10.6 Å². The fraction of sp³-hybridized carbons (Fsp3) is 0.278. The van der Waals surface area contributed by atoms with Crippen molar-refractivity contribution < 1.29 is 9.53 Å². The predicted molar refractivity (Wildman–Crippen MR) is 104 cm³/mol. The summed E-state index contributed by atoms with van der Waals surface area (Å²) in [6.07, 6.45) is 0.0867. The highest BCUT2D eigenvalue weighted by molar-refractivity contribution is 7.13. The van der Waals surface area contributed by atoms with Crippen LogP contribution in [0.2, 0.25) is 0 Å². The quantitative estimate of drug-likeness (QED) is 0.645. The Bertz CT molecular complexity index is 957. The molecule has 3 rings (SSSR count). The molecular weight excluding hydrogens is 364 g/mol. The first-order chi connectivity index (χ1) is 12.9. The van der Waals surface area contributed by atoms with Crippen LogP contribution in [0, 0.1) is 6.92 Å². The molecule has 0 saturated carbocycles. The van der Waals surface area contributed by atoms with E-state index in [0.29, 0.717) is 17.5 Å². The van der Waals surface area contributed by atoms with Crippen molar-refractivity contribution in [2.45, 2.75) is 20.0 Å². The summed E-state index contributed by atoms with van der Waals surface area (Å²) in [4.78, 5) is 30.5. The van der Waals surface area contributed by atoms with E-state index in [2.05, 4.69) is 26.0 Å². The van der Waals surface area contributed by atoms with Crippen molar-refractivity contribution in [3.8, 4) is 10.6 Å². The number of aryl methyl sites for hydroxylation is 1. The second-order valence-electron chi connectivity index (χ2n) is 6.16. The van der Waals surface area contributed by atoms with Gasteiger partial charge in [0.1, 0.15) is 5.01 Å².